The van der Waals surface area contributed by atoms with E-state index in [1.54, 1.807) is 18.6 Å². The Morgan fingerprint density at radius 3 is 2.77 bits per heavy atom. The average molecular weight is 175 g/mol. The zero-order chi connectivity index (χ0) is 9.26. The highest BCUT2D eigenvalue weighted by Gasteiger charge is 2.08. The van der Waals surface area contributed by atoms with E-state index in [4.69, 9.17) is 5.73 Å². The minimum Gasteiger partial charge on any atom is -0.382 e. The number of anilines is 1. The third kappa shape index (κ3) is 1.24. The van der Waals surface area contributed by atoms with Crippen LogP contribution in [0.4, 0.5) is 5.82 Å². The Balaban J connectivity index is 2.53. The highest BCUT2D eigenvalue weighted by atomic mass is 15.2. The van der Waals surface area contributed by atoms with Gasteiger partial charge in [0.05, 0.1) is 11.9 Å². The number of nitrogens with two attached hydrogens (primary N) is 1. The summed E-state index contributed by atoms with van der Waals surface area (Å²) in [4.78, 5) is 8.09. The molecule has 0 aliphatic rings. The Bertz CT molecular complexity index is 406. The fourth-order valence-electron chi connectivity index (χ4n) is 1.09. The Morgan fingerprint density at radius 1 is 1.38 bits per heavy atom. The van der Waals surface area contributed by atoms with Crippen LogP contribution in [0.1, 0.15) is 5.56 Å². The van der Waals surface area contributed by atoms with Gasteiger partial charge in [-0.1, -0.05) is 0 Å². The van der Waals surface area contributed by atoms with Gasteiger partial charge in [0.25, 0.3) is 0 Å². The molecule has 0 radical (unpaired) electrons. The fourth-order valence-corrected chi connectivity index (χ4v) is 1.09. The third-order valence-electron chi connectivity index (χ3n) is 1.87. The van der Waals surface area contributed by atoms with Crippen LogP contribution in [0.3, 0.4) is 0 Å². The maximum Gasteiger partial charge on any atom is 0.148 e. The number of nitrogens with one attached hydrogen (secondary N) is 1. The molecule has 13 heavy (non-hydrogen) atoms. The molecular formula is C8H9N5. The maximum absolute atomic E-state index is 5.59. The number of H-pyrrole nitrogens is 1. The van der Waals surface area contributed by atoms with Gasteiger partial charge >= 0.3 is 0 Å². The van der Waals surface area contributed by atoms with Gasteiger partial charge in [0.15, 0.2) is 0 Å². The van der Waals surface area contributed by atoms with Crippen molar-refractivity contribution in [1.29, 1.82) is 0 Å². The molecule has 0 aliphatic carbocycles. The number of hydrogen-bond donors (Lipinski definition) is 2. The van der Waals surface area contributed by atoms with E-state index in [1.165, 1.54) is 0 Å². The normalized spacial score (nSPS) is 10.2. The van der Waals surface area contributed by atoms with Crippen LogP contribution >= 0.6 is 0 Å². The van der Waals surface area contributed by atoms with Crippen LogP contribution in [-0.2, 0) is 0 Å². The summed E-state index contributed by atoms with van der Waals surface area (Å²) in [6.07, 6.45) is 4.92. The highest BCUT2D eigenvalue weighted by molar-refractivity contribution is 5.63. The SMILES string of the molecule is Cc1c(N)n[nH]c1-c1cnccn1. The molecule has 2 rings (SSSR count). The number of nitrogen functional groups attached to an aromatic ring is 1. The Morgan fingerprint density at radius 2 is 2.23 bits per heavy atom. The maximum atomic E-state index is 5.59. The van der Waals surface area contributed by atoms with Crippen molar-refractivity contribution in [3.8, 4) is 11.4 Å². The monoisotopic (exact) mass is 175 g/mol. The summed E-state index contributed by atoms with van der Waals surface area (Å²) < 4.78 is 0. The summed E-state index contributed by atoms with van der Waals surface area (Å²) in [6.45, 7) is 1.89. The number of nitrogens with zero attached hydrogens (tertiary/aromatic N) is 3. The van der Waals surface area contributed by atoms with Crippen molar-refractivity contribution in [2.75, 3.05) is 5.73 Å². The second-order valence-corrected chi connectivity index (χ2v) is 2.70. The Kier molecular flexibility index (Phi) is 1.70. The largest absolute Gasteiger partial charge is 0.382 e. The summed E-state index contributed by atoms with van der Waals surface area (Å²) in [5.41, 5.74) is 8.07. The van der Waals surface area contributed by atoms with Crippen molar-refractivity contribution in [1.82, 2.24) is 20.2 Å². The van der Waals surface area contributed by atoms with Crippen LogP contribution in [0, 0.1) is 6.92 Å². The van der Waals surface area contributed by atoms with E-state index in [0.717, 1.165) is 17.0 Å². The molecule has 2 aromatic rings. The zero-order valence-corrected chi connectivity index (χ0v) is 7.15. The Labute approximate surface area is 75.0 Å². The molecule has 5 nitrogen and oxygen atoms in total. The zero-order valence-electron chi connectivity index (χ0n) is 7.15. The van der Waals surface area contributed by atoms with Crippen LogP contribution < -0.4 is 5.73 Å². The van der Waals surface area contributed by atoms with Gasteiger partial charge in [0.2, 0.25) is 0 Å². The first-order valence-corrected chi connectivity index (χ1v) is 3.86. The first-order chi connectivity index (χ1) is 6.29. The summed E-state index contributed by atoms with van der Waals surface area (Å²) in [6, 6.07) is 0. The summed E-state index contributed by atoms with van der Waals surface area (Å²) in [5.74, 6) is 0.501. The number of rotatable bonds is 1. The van der Waals surface area contributed by atoms with Gasteiger partial charge in [-0.2, -0.15) is 5.10 Å². The lowest BCUT2D eigenvalue weighted by Crippen LogP contribution is -1.88. The predicted molar refractivity (Wildman–Crippen MR) is 48.8 cm³/mol. The average Bonchev–Trinajstić information content (AvgIpc) is 2.49. The van der Waals surface area contributed by atoms with E-state index >= 15 is 0 Å². The number of hydrogen-bond acceptors (Lipinski definition) is 4. The van der Waals surface area contributed by atoms with Crippen molar-refractivity contribution >= 4 is 5.82 Å². The molecular weight excluding hydrogens is 166 g/mol. The molecule has 0 aromatic carbocycles. The molecule has 0 fully saturated rings. The smallest absolute Gasteiger partial charge is 0.148 e. The van der Waals surface area contributed by atoms with Crippen molar-refractivity contribution in [3.63, 3.8) is 0 Å². The van der Waals surface area contributed by atoms with E-state index in [1.807, 2.05) is 6.92 Å². The fraction of sp³-hybridized carbons (Fsp3) is 0.125. The molecule has 0 bridgehead atoms. The predicted octanol–water partition coefficient (Wildman–Crippen LogP) is 0.757. The van der Waals surface area contributed by atoms with Crippen LogP contribution in [-0.4, -0.2) is 20.2 Å². The lowest BCUT2D eigenvalue weighted by Gasteiger charge is -1.95. The second kappa shape index (κ2) is 2.85. The van der Waals surface area contributed by atoms with Crippen molar-refractivity contribution in [3.05, 3.63) is 24.2 Å². The van der Waals surface area contributed by atoms with Crippen LogP contribution in [0.5, 0.6) is 0 Å². The lowest BCUT2D eigenvalue weighted by molar-refractivity contribution is 1.08. The van der Waals surface area contributed by atoms with Crippen molar-refractivity contribution in [2.24, 2.45) is 0 Å². The minimum absolute atomic E-state index is 0.501. The minimum atomic E-state index is 0.501. The van der Waals surface area contributed by atoms with Gasteiger partial charge < -0.3 is 5.73 Å². The molecule has 0 aliphatic heterocycles. The molecule has 0 spiro atoms. The summed E-state index contributed by atoms with van der Waals surface area (Å²) >= 11 is 0. The molecule has 2 heterocycles. The third-order valence-corrected chi connectivity index (χ3v) is 1.87. The van der Waals surface area contributed by atoms with Gasteiger partial charge in [-0.05, 0) is 6.92 Å². The first-order valence-electron chi connectivity index (χ1n) is 3.86. The van der Waals surface area contributed by atoms with Crippen molar-refractivity contribution in [2.45, 2.75) is 6.92 Å². The highest BCUT2D eigenvalue weighted by Crippen LogP contribution is 2.20. The van der Waals surface area contributed by atoms with E-state index in [0.29, 0.717) is 5.82 Å². The lowest BCUT2D eigenvalue weighted by atomic mass is 10.2. The van der Waals surface area contributed by atoms with Gasteiger partial charge in [-0.15, -0.1) is 0 Å². The van der Waals surface area contributed by atoms with E-state index < -0.39 is 0 Å². The molecule has 0 saturated heterocycles. The Hall–Kier alpha value is -1.91. The topological polar surface area (TPSA) is 80.5 Å². The molecule has 2 aromatic heterocycles. The van der Waals surface area contributed by atoms with Crippen molar-refractivity contribution < 1.29 is 0 Å². The van der Waals surface area contributed by atoms with Crippen LogP contribution in [0.2, 0.25) is 0 Å². The molecule has 66 valence electrons. The molecule has 0 saturated carbocycles. The molecule has 0 unspecified atom stereocenters. The van der Waals surface area contributed by atoms with E-state index in [2.05, 4.69) is 20.2 Å². The number of aromatic amines is 1. The quantitative estimate of drug-likeness (QED) is 0.670. The summed E-state index contributed by atoms with van der Waals surface area (Å²) in [5, 5.41) is 6.69. The van der Waals surface area contributed by atoms with Gasteiger partial charge in [0.1, 0.15) is 11.5 Å². The second-order valence-electron chi connectivity index (χ2n) is 2.70. The molecule has 5 heteroatoms. The van der Waals surface area contributed by atoms with Gasteiger partial charge in [0, 0.05) is 18.0 Å². The molecule has 0 amide bonds. The molecule has 0 atom stereocenters. The van der Waals surface area contributed by atoms with Crippen LogP contribution in [0.25, 0.3) is 11.4 Å². The summed E-state index contributed by atoms with van der Waals surface area (Å²) in [7, 11) is 0. The number of aromatic nitrogens is 4. The van der Waals surface area contributed by atoms with E-state index in [-0.39, 0.29) is 0 Å². The van der Waals surface area contributed by atoms with E-state index in [9.17, 15) is 0 Å². The van der Waals surface area contributed by atoms with Crippen LogP contribution in [0.15, 0.2) is 18.6 Å². The molecule has 3 N–H and O–H groups in total. The first kappa shape index (κ1) is 7.72. The van der Waals surface area contributed by atoms with Gasteiger partial charge in [-0.25, -0.2) is 0 Å². The standard InChI is InChI=1S/C8H9N5/c1-5-7(12-13-8(5)9)6-4-10-2-3-11-6/h2-4H,1H3,(H3,9,12,13). The van der Waals surface area contributed by atoms with Gasteiger partial charge in [-0.3, -0.25) is 15.1 Å².